The number of aromatic nitrogens is 1. The number of nitrogens with one attached hydrogen (secondary N) is 1. The van der Waals surface area contributed by atoms with Crippen molar-refractivity contribution < 1.29 is 9.90 Å². The quantitative estimate of drug-likeness (QED) is 0.746. The summed E-state index contributed by atoms with van der Waals surface area (Å²) in [4.78, 5) is 14.0. The smallest absolute Gasteiger partial charge is 0.322 e. The first kappa shape index (κ1) is 8.80. The molecule has 64 valence electrons. The molecule has 0 aromatic carbocycles. The molecule has 1 rings (SSSR count). The number of carboxylic acids is 1. The molecule has 0 unspecified atom stereocenters. The normalized spacial score (nSPS) is 9.42. The van der Waals surface area contributed by atoms with Gasteiger partial charge >= 0.3 is 5.97 Å². The van der Waals surface area contributed by atoms with Crippen LogP contribution in [0.2, 0.25) is 5.02 Å². The number of pyridine rings is 1. The van der Waals surface area contributed by atoms with Crippen molar-refractivity contribution in [2.75, 3.05) is 11.9 Å². The lowest BCUT2D eigenvalue weighted by atomic mass is 10.4. The molecule has 1 aromatic rings. The fraction of sp³-hybridized carbons (Fsp3) is 0.143. The second kappa shape index (κ2) is 3.92. The van der Waals surface area contributed by atoms with Gasteiger partial charge in [-0.2, -0.15) is 0 Å². The van der Waals surface area contributed by atoms with Crippen molar-refractivity contribution in [3.8, 4) is 0 Å². The Balaban J connectivity index is 2.53. The van der Waals surface area contributed by atoms with Crippen LogP contribution in [0.3, 0.4) is 0 Å². The van der Waals surface area contributed by atoms with Crippen molar-refractivity contribution in [2.45, 2.75) is 0 Å². The molecule has 0 aliphatic carbocycles. The highest BCUT2D eigenvalue weighted by atomic mass is 35.5. The summed E-state index contributed by atoms with van der Waals surface area (Å²) in [6.45, 7) is -0.144. The maximum atomic E-state index is 10.1. The maximum absolute atomic E-state index is 10.1. The highest BCUT2D eigenvalue weighted by Gasteiger charge is 1.96. The van der Waals surface area contributed by atoms with Gasteiger partial charge in [-0.15, -0.1) is 0 Å². The van der Waals surface area contributed by atoms with Crippen LogP contribution in [0.4, 0.5) is 5.82 Å². The number of hydrogen-bond acceptors (Lipinski definition) is 3. The summed E-state index contributed by atoms with van der Waals surface area (Å²) in [5.41, 5.74) is 0. The average molecular weight is 187 g/mol. The summed E-state index contributed by atoms with van der Waals surface area (Å²) in [5, 5.41) is 11.4. The van der Waals surface area contributed by atoms with Crippen molar-refractivity contribution in [3.63, 3.8) is 0 Å². The van der Waals surface area contributed by atoms with Crippen LogP contribution in [0.25, 0.3) is 0 Å². The van der Waals surface area contributed by atoms with Gasteiger partial charge in [0.15, 0.2) is 0 Å². The van der Waals surface area contributed by atoms with E-state index in [4.69, 9.17) is 16.7 Å². The number of halogens is 1. The number of carboxylic acid groups (broad SMARTS) is 1. The zero-order chi connectivity index (χ0) is 8.97. The molecule has 0 spiro atoms. The van der Waals surface area contributed by atoms with Crippen LogP contribution in [0.1, 0.15) is 0 Å². The van der Waals surface area contributed by atoms with E-state index in [0.717, 1.165) is 0 Å². The van der Waals surface area contributed by atoms with Crippen LogP contribution in [0.15, 0.2) is 18.3 Å². The van der Waals surface area contributed by atoms with E-state index in [2.05, 4.69) is 10.3 Å². The Bertz CT molecular complexity index is 273. The summed E-state index contributed by atoms with van der Waals surface area (Å²) in [6, 6.07) is 3.25. The van der Waals surface area contributed by atoms with E-state index in [1.54, 1.807) is 12.1 Å². The van der Waals surface area contributed by atoms with Crippen LogP contribution in [-0.2, 0) is 4.79 Å². The molecular formula is C7H7ClN2O2. The first-order chi connectivity index (χ1) is 5.68. The third kappa shape index (κ3) is 2.75. The van der Waals surface area contributed by atoms with Crippen molar-refractivity contribution in [2.24, 2.45) is 0 Å². The highest BCUT2D eigenvalue weighted by Crippen LogP contribution is 2.08. The molecule has 0 aliphatic rings. The average Bonchev–Trinajstić information content (AvgIpc) is 2.03. The van der Waals surface area contributed by atoms with Gasteiger partial charge in [0.2, 0.25) is 0 Å². The molecule has 12 heavy (non-hydrogen) atoms. The summed E-state index contributed by atoms with van der Waals surface area (Å²) in [5.74, 6) is -0.423. The first-order valence-corrected chi connectivity index (χ1v) is 3.63. The molecule has 0 aliphatic heterocycles. The van der Waals surface area contributed by atoms with Gasteiger partial charge in [-0.05, 0) is 12.1 Å². The number of nitrogens with zero attached hydrogens (tertiary/aromatic N) is 1. The molecule has 0 amide bonds. The minimum atomic E-state index is -0.924. The van der Waals surface area contributed by atoms with Crippen LogP contribution < -0.4 is 5.32 Å². The Labute approximate surface area is 74.2 Å². The molecule has 0 saturated carbocycles. The topological polar surface area (TPSA) is 62.2 Å². The van der Waals surface area contributed by atoms with Gasteiger partial charge in [-0.3, -0.25) is 4.79 Å². The third-order valence-electron chi connectivity index (χ3n) is 1.15. The van der Waals surface area contributed by atoms with E-state index in [9.17, 15) is 4.79 Å². The largest absolute Gasteiger partial charge is 0.480 e. The van der Waals surface area contributed by atoms with Gasteiger partial charge in [0.05, 0.1) is 5.02 Å². The Hall–Kier alpha value is -1.29. The molecule has 0 saturated heterocycles. The van der Waals surface area contributed by atoms with Gasteiger partial charge in [0.25, 0.3) is 0 Å². The Kier molecular flexibility index (Phi) is 2.88. The van der Waals surface area contributed by atoms with E-state index in [1.165, 1.54) is 6.20 Å². The minimum absolute atomic E-state index is 0.144. The summed E-state index contributed by atoms with van der Waals surface area (Å²) in [7, 11) is 0. The van der Waals surface area contributed by atoms with E-state index in [1.807, 2.05) is 0 Å². The van der Waals surface area contributed by atoms with E-state index in [-0.39, 0.29) is 6.54 Å². The molecule has 4 nitrogen and oxygen atoms in total. The Morgan fingerprint density at radius 2 is 2.42 bits per heavy atom. The number of hydrogen-bond donors (Lipinski definition) is 2. The molecule has 0 atom stereocenters. The Morgan fingerprint density at radius 1 is 1.67 bits per heavy atom. The van der Waals surface area contributed by atoms with Crippen LogP contribution in [-0.4, -0.2) is 22.6 Å². The number of anilines is 1. The number of aliphatic carboxylic acids is 1. The SMILES string of the molecule is O=C(O)CNc1ccc(Cl)cn1. The third-order valence-corrected chi connectivity index (χ3v) is 1.37. The molecule has 0 bridgehead atoms. The highest BCUT2D eigenvalue weighted by molar-refractivity contribution is 6.30. The molecule has 2 N–H and O–H groups in total. The van der Waals surface area contributed by atoms with Gasteiger partial charge in [0, 0.05) is 6.20 Å². The molecule has 0 radical (unpaired) electrons. The van der Waals surface area contributed by atoms with Crippen molar-refractivity contribution in [1.29, 1.82) is 0 Å². The molecule has 1 aromatic heterocycles. The number of carbonyl (C=O) groups is 1. The zero-order valence-electron chi connectivity index (χ0n) is 6.12. The van der Waals surface area contributed by atoms with Gasteiger partial charge < -0.3 is 10.4 Å². The predicted molar refractivity (Wildman–Crippen MR) is 45.4 cm³/mol. The number of rotatable bonds is 3. The first-order valence-electron chi connectivity index (χ1n) is 3.25. The van der Waals surface area contributed by atoms with E-state index in [0.29, 0.717) is 10.8 Å². The molecule has 5 heteroatoms. The van der Waals surface area contributed by atoms with Gasteiger partial charge in [0.1, 0.15) is 12.4 Å². The molecule has 0 fully saturated rings. The van der Waals surface area contributed by atoms with Crippen LogP contribution in [0.5, 0.6) is 0 Å². The van der Waals surface area contributed by atoms with Crippen molar-refractivity contribution in [3.05, 3.63) is 23.4 Å². The second-order valence-electron chi connectivity index (χ2n) is 2.11. The fourth-order valence-electron chi connectivity index (χ4n) is 0.647. The van der Waals surface area contributed by atoms with E-state index < -0.39 is 5.97 Å². The monoisotopic (exact) mass is 186 g/mol. The standard InChI is InChI=1S/C7H7ClN2O2/c8-5-1-2-6(9-3-5)10-4-7(11)12/h1-3H,4H2,(H,9,10)(H,11,12). The lowest BCUT2D eigenvalue weighted by molar-refractivity contribution is -0.134. The summed E-state index contributed by atoms with van der Waals surface area (Å²) in [6.07, 6.45) is 1.45. The lowest BCUT2D eigenvalue weighted by Crippen LogP contribution is -2.12. The van der Waals surface area contributed by atoms with Crippen LogP contribution >= 0.6 is 11.6 Å². The summed E-state index contributed by atoms with van der Waals surface area (Å²) < 4.78 is 0. The van der Waals surface area contributed by atoms with Crippen molar-refractivity contribution >= 4 is 23.4 Å². The minimum Gasteiger partial charge on any atom is -0.480 e. The zero-order valence-corrected chi connectivity index (χ0v) is 6.88. The lowest BCUT2D eigenvalue weighted by Gasteiger charge is -2.00. The van der Waals surface area contributed by atoms with Gasteiger partial charge in [-0.1, -0.05) is 11.6 Å². The maximum Gasteiger partial charge on any atom is 0.322 e. The summed E-state index contributed by atoms with van der Waals surface area (Å²) >= 11 is 5.57. The van der Waals surface area contributed by atoms with E-state index >= 15 is 0 Å². The van der Waals surface area contributed by atoms with Gasteiger partial charge in [-0.25, -0.2) is 4.98 Å². The molecular weight excluding hydrogens is 180 g/mol. The predicted octanol–water partition coefficient (Wildman–Crippen LogP) is 1.23. The van der Waals surface area contributed by atoms with Crippen molar-refractivity contribution in [1.82, 2.24) is 4.98 Å². The molecule has 1 heterocycles. The van der Waals surface area contributed by atoms with Crippen LogP contribution in [0, 0.1) is 0 Å². The Morgan fingerprint density at radius 3 is 2.92 bits per heavy atom. The second-order valence-corrected chi connectivity index (χ2v) is 2.55. The fourth-order valence-corrected chi connectivity index (χ4v) is 0.758.